The lowest BCUT2D eigenvalue weighted by Gasteiger charge is -2.19. The van der Waals surface area contributed by atoms with E-state index >= 15 is 0 Å². The Balaban J connectivity index is 0.00000190. The third-order valence-electron chi connectivity index (χ3n) is 3.26. The summed E-state index contributed by atoms with van der Waals surface area (Å²) >= 11 is 0. The number of aromatic nitrogens is 2. The van der Waals surface area contributed by atoms with Crippen LogP contribution in [0.25, 0.3) is 11.1 Å². The van der Waals surface area contributed by atoms with Gasteiger partial charge < -0.3 is 14.6 Å². The first-order valence-electron chi connectivity index (χ1n) is 8.86. The third kappa shape index (κ3) is 6.19. The number of nitrogens with one attached hydrogen (secondary N) is 1. The topological polar surface area (TPSA) is 85.6 Å². The number of phenolic OH excluding ortho intramolecular Hbond substituents is 1. The number of halogens is 2. The van der Waals surface area contributed by atoms with E-state index in [-0.39, 0.29) is 16.9 Å². The predicted molar refractivity (Wildman–Crippen MR) is 102 cm³/mol. The van der Waals surface area contributed by atoms with E-state index < -0.39 is 29.1 Å². The van der Waals surface area contributed by atoms with E-state index in [2.05, 4.69) is 10.4 Å². The molecule has 0 fully saturated rings. The summed E-state index contributed by atoms with van der Waals surface area (Å²) in [5.41, 5.74) is -0.753. The molecule has 0 aliphatic heterocycles. The van der Waals surface area contributed by atoms with Gasteiger partial charge >= 0.3 is 6.09 Å². The lowest BCUT2D eigenvalue weighted by Crippen LogP contribution is -2.27. The number of hydrogen-bond acceptors (Lipinski definition) is 5. The minimum Gasteiger partial charge on any atom is -0.505 e. The second-order valence-corrected chi connectivity index (χ2v) is 6.53. The van der Waals surface area contributed by atoms with Crippen molar-refractivity contribution in [2.75, 3.05) is 19.0 Å². The zero-order chi connectivity index (χ0) is 21.5. The first-order valence-corrected chi connectivity index (χ1v) is 8.86. The van der Waals surface area contributed by atoms with Crippen molar-refractivity contribution in [3.8, 4) is 16.9 Å². The molecule has 0 atom stereocenters. The molecular weight excluding hydrogens is 372 g/mol. The highest BCUT2D eigenvalue weighted by molar-refractivity contribution is 5.89. The van der Waals surface area contributed by atoms with E-state index in [1.807, 2.05) is 13.8 Å². The van der Waals surface area contributed by atoms with Gasteiger partial charge in [-0.2, -0.15) is 9.49 Å². The van der Waals surface area contributed by atoms with Gasteiger partial charge in [0.25, 0.3) is 0 Å². The summed E-state index contributed by atoms with van der Waals surface area (Å²) in [6.07, 6.45) is 0.663. The maximum Gasteiger partial charge on any atom is 0.413 e. The molecule has 9 heteroatoms. The lowest BCUT2D eigenvalue weighted by molar-refractivity contribution is 0.0635. The average Bonchev–Trinajstić information content (AvgIpc) is 3.00. The van der Waals surface area contributed by atoms with Gasteiger partial charge in [-0.1, -0.05) is 13.8 Å². The average molecular weight is 399 g/mol. The van der Waals surface area contributed by atoms with Crippen LogP contribution in [-0.2, 0) is 16.0 Å². The number of carbonyl (C=O) groups excluding carboxylic acids is 1. The van der Waals surface area contributed by atoms with Crippen LogP contribution in [0.1, 0.15) is 34.6 Å². The van der Waals surface area contributed by atoms with Crippen LogP contribution in [0.15, 0.2) is 18.3 Å². The first kappa shape index (κ1) is 23.4. The third-order valence-corrected chi connectivity index (χ3v) is 3.26. The van der Waals surface area contributed by atoms with E-state index in [1.165, 1.54) is 24.1 Å². The number of phenols is 1. The van der Waals surface area contributed by atoms with Crippen LogP contribution in [0.4, 0.5) is 19.4 Å². The minimum atomic E-state index is -1.38. The van der Waals surface area contributed by atoms with Gasteiger partial charge in [-0.15, -0.1) is 0 Å². The molecule has 2 aromatic rings. The zero-order valence-corrected chi connectivity index (χ0v) is 17.0. The molecule has 2 rings (SSSR count). The predicted octanol–water partition coefficient (Wildman–Crippen LogP) is 4.55. The number of benzene rings is 1. The molecule has 0 saturated heterocycles. The standard InChI is InChI=1S/C17H21F2N3O4.C2H6/c1-17(2,3)26-16(24)20-15-11(9-22(21-15)7-8-25-4)10-5-6-12(23)14(19)13(10)18;1-2/h5-6,9,23H,7-8H2,1-4H3,(H,20,21,24);1-2H3. The number of ether oxygens (including phenoxy) is 2. The summed E-state index contributed by atoms with van der Waals surface area (Å²) < 4.78 is 39.5. The number of methoxy groups -OCH3 is 1. The van der Waals surface area contributed by atoms with Crippen LogP contribution in [0.5, 0.6) is 5.75 Å². The second-order valence-electron chi connectivity index (χ2n) is 6.53. The van der Waals surface area contributed by atoms with E-state index in [1.54, 1.807) is 20.8 Å². The quantitative estimate of drug-likeness (QED) is 0.770. The first-order chi connectivity index (χ1) is 13.1. The smallest absolute Gasteiger partial charge is 0.413 e. The van der Waals surface area contributed by atoms with Crippen LogP contribution < -0.4 is 5.32 Å². The van der Waals surface area contributed by atoms with Crippen molar-refractivity contribution in [3.05, 3.63) is 30.0 Å². The van der Waals surface area contributed by atoms with Crippen LogP contribution >= 0.6 is 0 Å². The Morgan fingerprint density at radius 1 is 1.21 bits per heavy atom. The Bertz CT molecular complexity index is 801. The number of nitrogens with zero attached hydrogens (tertiary/aromatic N) is 2. The van der Waals surface area contributed by atoms with Crippen molar-refractivity contribution in [1.82, 2.24) is 9.78 Å². The highest BCUT2D eigenvalue weighted by Crippen LogP contribution is 2.33. The Labute approximate surface area is 163 Å². The summed E-state index contributed by atoms with van der Waals surface area (Å²) in [4.78, 5) is 12.0. The molecular formula is C19H27F2N3O4. The molecule has 28 heavy (non-hydrogen) atoms. The molecule has 7 nitrogen and oxygen atoms in total. The Kier molecular flexibility index (Phi) is 8.36. The molecule has 0 spiro atoms. The normalized spacial score (nSPS) is 10.9. The van der Waals surface area contributed by atoms with Crippen LogP contribution in [0, 0.1) is 11.6 Å². The second kappa shape index (κ2) is 10.0. The van der Waals surface area contributed by atoms with Crippen molar-refractivity contribution in [2.24, 2.45) is 0 Å². The molecule has 1 heterocycles. The Morgan fingerprint density at radius 3 is 2.43 bits per heavy atom. The monoisotopic (exact) mass is 399 g/mol. The fraction of sp³-hybridized carbons (Fsp3) is 0.474. The highest BCUT2D eigenvalue weighted by Gasteiger charge is 2.23. The van der Waals surface area contributed by atoms with E-state index in [0.717, 1.165) is 6.07 Å². The molecule has 0 aliphatic carbocycles. The summed E-state index contributed by atoms with van der Waals surface area (Å²) in [6.45, 7) is 9.75. The number of rotatable bonds is 5. The van der Waals surface area contributed by atoms with Crippen molar-refractivity contribution < 1.29 is 28.2 Å². The maximum absolute atomic E-state index is 14.3. The molecule has 1 aromatic carbocycles. The van der Waals surface area contributed by atoms with Crippen LogP contribution in [0.3, 0.4) is 0 Å². The van der Waals surface area contributed by atoms with Crippen LogP contribution in [-0.4, -0.2) is 40.3 Å². The van der Waals surface area contributed by atoms with E-state index in [9.17, 15) is 18.7 Å². The van der Waals surface area contributed by atoms with E-state index in [0.29, 0.717) is 13.2 Å². The van der Waals surface area contributed by atoms with Crippen molar-refractivity contribution in [1.29, 1.82) is 0 Å². The molecule has 0 radical (unpaired) electrons. The van der Waals surface area contributed by atoms with Gasteiger partial charge in [0.15, 0.2) is 17.4 Å². The number of aromatic hydroxyl groups is 1. The summed E-state index contributed by atoms with van der Waals surface area (Å²) in [5, 5.41) is 15.9. The number of anilines is 1. The number of amides is 1. The number of hydrogen-bond donors (Lipinski definition) is 2. The van der Waals surface area contributed by atoms with Gasteiger partial charge in [0.2, 0.25) is 5.82 Å². The highest BCUT2D eigenvalue weighted by atomic mass is 19.2. The van der Waals surface area contributed by atoms with Gasteiger partial charge in [-0.3, -0.25) is 10.00 Å². The molecule has 2 N–H and O–H groups in total. The van der Waals surface area contributed by atoms with Gasteiger partial charge in [0.05, 0.1) is 13.2 Å². The molecule has 0 saturated carbocycles. The molecule has 156 valence electrons. The molecule has 1 amide bonds. The molecule has 0 bridgehead atoms. The van der Waals surface area contributed by atoms with Gasteiger partial charge in [-0.25, -0.2) is 9.18 Å². The summed E-state index contributed by atoms with van der Waals surface area (Å²) in [5.74, 6) is -3.43. The summed E-state index contributed by atoms with van der Waals surface area (Å²) in [7, 11) is 1.51. The maximum atomic E-state index is 14.3. The van der Waals surface area contributed by atoms with E-state index in [4.69, 9.17) is 9.47 Å². The molecule has 0 aliphatic rings. The number of carbonyl (C=O) groups is 1. The van der Waals surface area contributed by atoms with Crippen molar-refractivity contribution in [3.63, 3.8) is 0 Å². The van der Waals surface area contributed by atoms with Gasteiger partial charge in [-0.05, 0) is 32.9 Å². The van der Waals surface area contributed by atoms with Crippen molar-refractivity contribution in [2.45, 2.75) is 46.8 Å². The minimum absolute atomic E-state index is 0.000608. The fourth-order valence-electron chi connectivity index (χ4n) is 2.16. The largest absolute Gasteiger partial charge is 0.505 e. The molecule has 1 aromatic heterocycles. The van der Waals surface area contributed by atoms with Crippen molar-refractivity contribution >= 4 is 11.9 Å². The molecule has 0 unspecified atom stereocenters. The fourth-order valence-corrected chi connectivity index (χ4v) is 2.16. The zero-order valence-electron chi connectivity index (χ0n) is 17.0. The van der Waals surface area contributed by atoms with Gasteiger partial charge in [0.1, 0.15) is 5.60 Å². The van der Waals surface area contributed by atoms with Gasteiger partial charge in [0, 0.05) is 24.4 Å². The Morgan fingerprint density at radius 2 is 1.86 bits per heavy atom. The SMILES string of the molecule is CC.COCCn1cc(-c2ccc(O)c(F)c2F)c(NC(=O)OC(C)(C)C)n1. The Hall–Kier alpha value is -2.68. The van der Waals surface area contributed by atoms with Crippen LogP contribution in [0.2, 0.25) is 0 Å². The lowest BCUT2D eigenvalue weighted by atomic mass is 10.1. The summed E-state index contributed by atoms with van der Waals surface area (Å²) in [6, 6.07) is 2.23.